The smallest absolute Gasteiger partial charge is 0.418 e. The van der Waals surface area contributed by atoms with Crippen molar-refractivity contribution in [3.05, 3.63) is 71.9 Å². The maximum absolute atomic E-state index is 12.5. The minimum atomic E-state index is -0.506. The number of ether oxygens (including phenoxy) is 1. The summed E-state index contributed by atoms with van der Waals surface area (Å²) < 4.78 is 7.13. The molecule has 0 N–H and O–H groups in total. The number of hydrogen-bond acceptors (Lipinski definition) is 2. The molecule has 136 valence electrons. The van der Waals surface area contributed by atoms with Gasteiger partial charge >= 0.3 is 6.09 Å². The van der Waals surface area contributed by atoms with Crippen LogP contribution in [0.3, 0.4) is 0 Å². The summed E-state index contributed by atoms with van der Waals surface area (Å²) in [6.45, 7) is 7.89. The van der Waals surface area contributed by atoms with Crippen LogP contribution >= 0.6 is 0 Å². The molecule has 3 aromatic rings. The van der Waals surface area contributed by atoms with Crippen molar-refractivity contribution >= 4 is 17.0 Å². The third-order valence-electron chi connectivity index (χ3n) is 4.59. The quantitative estimate of drug-likeness (QED) is 0.565. The van der Waals surface area contributed by atoms with Gasteiger partial charge in [0.05, 0.1) is 5.52 Å². The highest BCUT2D eigenvalue weighted by atomic mass is 16.6. The Morgan fingerprint density at radius 1 is 1.08 bits per heavy atom. The molecule has 3 rings (SSSR count). The van der Waals surface area contributed by atoms with Gasteiger partial charge in [-0.15, -0.1) is 0 Å². The third-order valence-corrected chi connectivity index (χ3v) is 4.59. The lowest BCUT2D eigenvalue weighted by Gasteiger charge is -2.20. The van der Waals surface area contributed by atoms with Crippen molar-refractivity contribution in [1.29, 1.82) is 0 Å². The number of benzene rings is 2. The second-order valence-electron chi connectivity index (χ2n) is 7.91. The Balaban J connectivity index is 1.79. The van der Waals surface area contributed by atoms with Crippen molar-refractivity contribution in [1.82, 2.24) is 4.57 Å². The largest absolute Gasteiger partial charge is 0.443 e. The fraction of sp³-hybridized carbons (Fsp3) is 0.348. The van der Waals surface area contributed by atoms with Crippen molar-refractivity contribution in [3.63, 3.8) is 0 Å². The fourth-order valence-electron chi connectivity index (χ4n) is 3.12. The lowest BCUT2D eigenvalue weighted by molar-refractivity contribution is 0.0544. The van der Waals surface area contributed by atoms with E-state index in [4.69, 9.17) is 4.74 Å². The van der Waals surface area contributed by atoms with Gasteiger partial charge in [-0.05, 0) is 62.8 Å². The summed E-state index contributed by atoms with van der Waals surface area (Å²) in [6, 6.07) is 18.9. The molecule has 0 bridgehead atoms. The molecule has 0 saturated heterocycles. The zero-order valence-corrected chi connectivity index (χ0v) is 16.0. The van der Waals surface area contributed by atoms with E-state index in [1.807, 2.05) is 32.9 Å². The van der Waals surface area contributed by atoms with Crippen molar-refractivity contribution < 1.29 is 9.53 Å². The zero-order chi connectivity index (χ0) is 18.7. The number of rotatable bonds is 4. The minimum absolute atomic E-state index is 0.332. The van der Waals surface area contributed by atoms with Gasteiger partial charge in [0.2, 0.25) is 0 Å². The van der Waals surface area contributed by atoms with E-state index in [1.54, 1.807) is 10.8 Å². The summed E-state index contributed by atoms with van der Waals surface area (Å²) in [5.41, 5.74) is 3.01. The van der Waals surface area contributed by atoms with Gasteiger partial charge in [0.1, 0.15) is 5.60 Å². The van der Waals surface area contributed by atoms with Crippen LogP contribution in [0.5, 0.6) is 0 Å². The SMILES string of the molecule is C[C@@H](CCc1ccccc1)c1ccc2ccn(C(=O)OC(C)(C)C)c2c1. The van der Waals surface area contributed by atoms with Gasteiger partial charge in [0.25, 0.3) is 0 Å². The van der Waals surface area contributed by atoms with Crippen LogP contribution in [-0.2, 0) is 11.2 Å². The van der Waals surface area contributed by atoms with E-state index in [9.17, 15) is 4.79 Å². The minimum Gasteiger partial charge on any atom is -0.443 e. The molecular formula is C23H27NO2. The average Bonchev–Trinajstić information content (AvgIpc) is 3.02. The molecule has 0 saturated carbocycles. The molecule has 0 radical (unpaired) electrons. The standard InChI is InChI=1S/C23H27NO2/c1-17(10-11-18-8-6-5-7-9-18)20-13-12-19-14-15-24(21(19)16-20)22(25)26-23(2,3)4/h5-9,12-17H,10-11H2,1-4H3/t17-/m0/s1. The van der Waals surface area contributed by atoms with E-state index < -0.39 is 5.60 Å². The second kappa shape index (κ2) is 7.36. The van der Waals surface area contributed by atoms with E-state index in [0.717, 1.165) is 23.7 Å². The van der Waals surface area contributed by atoms with Crippen LogP contribution in [0.2, 0.25) is 0 Å². The van der Waals surface area contributed by atoms with Crippen LogP contribution in [0, 0.1) is 0 Å². The summed E-state index contributed by atoms with van der Waals surface area (Å²) in [6.07, 6.45) is 3.58. The Kier molecular flexibility index (Phi) is 5.17. The molecule has 0 amide bonds. The molecule has 3 heteroatoms. The topological polar surface area (TPSA) is 31.2 Å². The summed E-state index contributed by atoms with van der Waals surface area (Å²) in [5, 5.41) is 1.05. The number of aryl methyl sites for hydroxylation is 1. The van der Waals surface area contributed by atoms with Crippen LogP contribution < -0.4 is 0 Å². The Morgan fingerprint density at radius 2 is 1.81 bits per heavy atom. The summed E-state index contributed by atoms with van der Waals surface area (Å²) >= 11 is 0. The van der Waals surface area contributed by atoms with Gasteiger partial charge in [0, 0.05) is 11.6 Å². The third kappa shape index (κ3) is 4.34. The van der Waals surface area contributed by atoms with Crippen molar-refractivity contribution in [2.75, 3.05) is 0 Å². The molecule has 1 atom stereocenters. The maximum atomic E-state index is 12.5. The molecule has 0 spiro atoms. The Hall–Kier alpha value is -2.55. The molecule has 0 aliphatic carbocycles. The first-order valence-electron chi connectivity index (χ1n) is 9.22. The highest BCUT2D eigenvalue weighted by molar-refractivity contribution is 5.90. The zero-order valence-electron chi connectivity index (χ0n) is 16.0. The van der Waals surface area contributed by atoms with Gasteiger partial charge in [-0.25, -0.2) is 4.79 Å². The van der Waals surface area contributed by atoms with Gasteiger partial charge < -0.3 is 4.74 Å². The molecule has 3 nitrogen and oxygen atoms in total. The molecule has 0 fully saturated rings. The first-order chi connectivity index (χ1) is 12.3. The number of nitrogens with zero attached hydrogens (tertiary/aromatic N) is 1. The van der Waals surface area contributed by atoms with E-state index in [1.165, 1.54) is 11.1 Å². The molecule has 1 aromatic heterocycles. The Bertz CT molecular complexity index is 887. The van der Waals surface area contributed by atoms with E-state index in [2.05, 4.69) is 49.4 Å². The molecule has 0 aliphatic rings. The highest BCUT2D eigenvalue weighted by Crippen LogP contribution is 2.26. The van der Waals surface area contributed by atoms with Crippen LogP contribution in [0.15, 0.2) is 60.8 Å². The van der Waals surface area contributed by atoms with E-state index in [-0.39, 0.29) is 6.09 Å². The first-order valence-corrected chi connectivity index (χ1v) is 9.22. The predicted octanol–water partition coefficient (Wildman–Crippen LogP) is 6.16. The molecule has 2 aromatic carbocycles. The fourth-order valence-corrected chi connectivity index (χ4v) is 3.12. The van der Waals surface area contributed by atoms with Crippen LogP contribution in [0.25, 0.3) is 10.9 Å². The van der Waals surface area contributed by atoms with Gasteiger partial charge in [-0.1, -0.05) is 49.4 Å². The number of carbonyl (C=O) groups is 1. The molecular weight excluding hydrogens is 322 g/mol. The van der Waals surface area contributed by atoms with Crippen molar-refractivity contribution in [3.8, 4) is 0 Å². The van der Waals surface area contributed by atoms with Crippen molar-refractivity contribution in [2.24, 2.45) is 0 Å². The highest BCUT2D eigenvalue weighted by Gasteiger charge is 2.19. The number of carbonyl (C=O) groups excluding carboxylic acids is 1. The lowest BCUT2D eigenvalue weighted by atomic mass is 9.93. The molecule has 26 heavy (non-hydrogen) atoms. The number of fused-ring (bicyclic) bond motifs is 1. The summed E-state index contributed by atoms with van der Waals surface area (Å²) in [5.74, 6) is 0.418. The molecule has 1 heterocycles. The van der Waals surface area contributed by atoms with E-state index >= 15 is 0 Å². The normalized spacial score (nSPS) is 12.9. The van der Waals surface area contributed by atoms with Gasteiger partial charge in [-0.2, -0.15) is 0 Å². The monoisotopic (exact) mass is 349 g/mol. The number of aromatic nitrogens is 1. The lowest BCUT2D eigenvalue weighted by Crippen LogP contribution is -2.26. The molecule has 0 aliphatic heterocycles. The number of hydrogen-bond donors (Lipinski definition) is 0. The first kappa shape index (κ1) is 18.2. The van der Waals surface area contributed by atoms with Gasteiger partial charge in [0.15, 0.2) is 0 Å². The Morgan fingerprint density at radius 3 is 2.50 bits per heavy atom. The Labute approximate surface area is 155 Å². The van der Waals surface area contributed by atoms with Crippen LogP contribution in [0.1, 0.15) is 51.2 Å². The van der Waals surface area contributed by atoms with Crippen LogP contribution in [-0.4, -0.2) is 16.3 Å². The summed E-state index contributed by atoms with van der Waals surface area (Å²) in [4.78, 5) is 12.5. The van der Waals surface area contributed by atoms with Crippen molar-refractivity contribution in [2.45, 2.75) is 52.1 Å². The maximum Gasteiger partial charge on any atom is 0.418 e. The van der Waals surface area contributed by atoms with Gasteiger partial charge in [-0.3, -0.25) is 4.57 Å². The van der Waals surface area contributed by atoms with E-state index in [0.29, 0.717) is 5.92 Å². The predicted molar refractivity (Wildman–Crippen MR) is 107 cm³/mol. The second-order valence-corrected chi connectivity index (χ2v) is 7.91. The van der Waals surface area contributed by atoms with Crippen LogP contribution in [0.4, 0.5) is 4.79 Å². The summed E-state index contributed by atoms with van der Waals surface area (Å²) in [7, 11) is 0. The molecule has 0 unspecified atom stereocenters. The average molecular weight is 349 g/mol.